The van der Waals surface area contributed by atoms with E-state index in [0.717, 1.165) is 87.8 Å². The first-order valence-electron chi connectivity index (χ1n) is 20.5. The highest BCUT2D eigenvalue weighted by Crippen LogP contribution is 2.29. The Morgan fingerprint density at radius 3 is 2.39 bits per heavy atom. The highest BCUT2D eigenvalue weighted by Gasteiger charge is 2.34. The Bertz CT molecular complexity index is 2270. The fraction of sp³-hybridized carbons (Fsp3) is 0.488. The van der Waals surface area contributed by atoms with Crippen LogP contribution in [-0.2, 0) is 16.1 Å². The zero-order valence-corrected chi connectivity index (χ0v) is 32.8. The van der Waals surface area contributed by atoms with Crippen molar-refractivity contribution >= 4 is 28.7 Å². The summed E-state index contributed by atoms with van der Waals surface area (Å²) in [6.45, 7) is 10.2. The van der Waals surface area contributed by atoms with Gasteiger partial charge in [0.2, 0.25) is 11.8 Å². The van der Waals surface area contributed by atoms with E-state index in [9.17, 15) is 23.6 Å². The van der Waals surface area contributed by atoms with Crippen molar-refractivity contribution in [3.63, 3.8) is 0 Å². The van der Waals surface area contributed by atoms with Crippen LogP contribution in [0.5, 0.6) is 0 Å². The lowest BCUT2D eigenvalue weighted by Crippen LogP contribution is -2.49. The zero-order chi connectivity index (χ0) is 39.6. The van der Waals surface area contributed by atoms with E-state index in [1.165, 1.54) is 14.7 Å². The predicted molar refractivity (Wildman–Crippen MR) is 218 cm³/mol. The molecular weight excluding hydrogens is 726 g/mol. The molecule has 0 bridgehead atoms. The van der Waals surface area contributed by atoms with Crippen molar-refractivity contribution in [1.29, 1.82) is 0 Å². The van der Waals surface area contributed by atoms with Crippen molar-refractivity contribution in [1.82, 2.24) is 39.5 Å². The Morgan fingerprint density at radius 1 is 0.895 bits per heavy atom. The quantitative estimate of drug-likeness (QED) is 0.248. The molecule has 2 saturated heterocycles. The van der Waals surface area contributed by atoms with Gasteiger partial charge in [0, 0.05) is 63.8 Å². The van der Waals surface area contributed by atoms with Gasteiger partial charge in [0.1, 0.15) is 17.7 Å². The van der Waals surface area contributed by atoms with Crippen molar-refractivity contribution in [3.05, 3.63) is 93.0 Å². The maximum atomic E-state index is 14.6. The van der Waals surface area contributed by atoms with Gasteiger partial charge in [-0.25, -0.2) is 18.7 Å². The number of hydrogen-bond donors (Lipinski definition) is 2. The van der Waals surface area contributed by atoms with E-state index in [1.54, 1.807) is 6.07 Å². The van der Waals surface area contributed by atoms with E-state index in [-0.39, 0.29) is 34.9 Å². The van der Waals surface area contributed by atoms with Crippen LogP contribution in [0, 0.1) is 5.82 Å². The molecular formula is C43H52FN9O4. The summed E-state index contributed by atoms with van der Waals surface area (Å²) in [5, 5.41) is 6.19. The lowest BCUT2D eigenvalue weighted by atomic mass is 9.90. The Hall–Kier alpha value is -5.21. The average Bonchev–Trinajstić information content (AvgIpc) is 3.65. The summed E-state index contributed by atoms with van der Waals surface area (Å²) in [4.78, 5) is 69.5. The minimum Gasteiger partial charge on any atom is -0.358 e. The Kier molecular flexibility index (Phi) is 11.3. The maximum absolute atomic E-state index is 14.6. The van der Waals surface area contributed by atoms with E-state index in [0.29, 0.717) is 44.5 Å². The van der Waals surface area contributed by atoms with Gasteiger partial charge in [-0.2, -0.15) is 0 Å². The van der Waals surface area contributed by atoms with Crippen LogP contribution in [0.2, 0.25) is 0 Å². The monoisotopic (exact) mass is 777 g/mol. The lowest BCUT2D eigenvalue weighted by molar-refractivity contribution is -0.124. The van der Waals surface area contributed by atoms with Crippen molar-refractivity contribution in [2.75, 3.05) is 45.8 Å². The molecule has 4 aliphatic rings. The standard InChI is InChI=1S/C43H52FN9O4/c1-28(2)46-39(54)27-50-20-18-49(19-21-50)25-29-9-11-30(12-10-29)31-6-5-7-35(22-31)52-40-36(23-32(44)24-45-40)42(56)53(43(52)57)34-15-13-33(14-16-34)47-41(55)37-26-51-17-4-3-8-38(51)48-37/h5-7,9-12,22-24,28,33-34,37H,3-4,8,13-21,25-27H2,1-2H3,(H,46,54)(H,47,55)/t33-,34+,37?. The predicted octanol–water partition coefficient (Wildman–Crippen LogP) is 3.86. The number of halogens is 1. The number of pyridine rings is 1. The van der Waals surface area contributed by atoms with Gasteiger partial charge in [0.25, 0.3) is 5.56 Å². The number of nitrogens with zero attached hydrogens (tertiary/aromatic N) is 7. The normalized spacial score (nSPS) is 21.7. The first-order valence-corrected chi connectivity index (χ1v) is 20.5. The molecule has 1 atom stereocenters. The fourth-order valence-corrected chi connectivity index (χ4v) is 8.86. The molecule has 57 heavy (non-hydrogen) atoms. The van der Waals surface area contributed by atoms with Gasteiger partial charge in [-0.1, -0.05) is 36.4 Å². The maximum Gasteiger partial charge on any atom is 0.337 e. The molecule has 300 valence electrons. The number of fused-ring (bicyclic) bond motifs is 2. The molecule has 2 aromatic heterocycles. The third-order valence-corrected chi connectivity index (χ3v) is 11.8. The summed E-state index contributed by atoms with van der Waals surface area (Å²) in [5.41, 5.74) is 2.57. The Labute approximate surface area is 331 Å². The number of nitrogens with one attached hydrogen (secondary N) is 2. The molecule has 4 aromatic rings. The zero-order valence-electron chi connectivity index (χ0n) is 32.8. The number of aromatic nitrogens is 3. The molecule has 2 aromatic carbocycles. The third-order valence-electron chi connectivity index (χ3n) is 11.8. The van der Waals surface area contributed by atoms with Gasteiger partial charge in [0.05, 0.1) is 30.4 Å². The van der Waals surface area contributed by atoms with E-state index in [2.05, 4.69) is 54.6 Å². The van der Waals surface area contributed by atoms with Gasteiger partial charge in [-0.15, -0.1) is 0 Å². The van der Waals surface area contributed by atoms with Crippen molar-refractivity contribution in [2.45, 2.75) is 89.5 Å². The van der Waals surface area contributed by atoms with Gasteiger partial charge in [-0.05, 0) is 87.3 Å². The van der Waals surface area contributed by atoms with Crippen LogP contribution in [0.3, 0.4) is 0 Å². The van der Waals surface area contributed by atoms with Crippen molar-refractivity contribution in [3.8, 4) is 16.8 Å². The number of aliphatic imine (C=N–C) groups is 1. The number of benzene rings is 2. The minimum absolute atomic E-state index is 0.0382. The Morgan fingerprint density at radius 2 is 1.65 bits per heavy atom. The SMILES string of the molecule is CC(C)NC(=O)CN1CCN(Cc2ccc(-c3cccc(-n4c(=O)n([C@H]5CC[C@@H](NC(=O)C6CN7CCCCC7=N6)CC5)c(=O)c5cc(F)cnc54)c3)cc2)CC1. The summed E-state index contributed by atoms with van der Waals surface area (Å²) in [6, 6.07) is 16.3. The van der Waals surface area contributed by atoms with Crippen LogP contribution in [-0.4, -0.2) is 110 Å². The van der Waals surface area contributed by atoms with E-state index < -0.39 is 29.1 Å². The fourth-order valence-electron chi connectivity index (χ4n) is 8.86. The first kappa shape index (κ1) is 38.7. The molecule has 8 rings (SSSR count). The van der Waals surface area contributed by atoms with Gasteiger partial charge < -0.3 is 15.5 Å². The van der Waals surface area contributed by atoms with Crippen LogP contribution in [0.4, 0.5) is 4.39 Å². The molecule has 2 N–H and O–H groups in total. The number of amidine groups is 1. The Balaban J connectivity index is 0.966. The highest BCUT2D eigenvalue weighted by atomic mass is 19.1. The number of carbonyl (C=O) groups is 2. The van der Waals surface area contributed by atoms with E-state index in [4.69, 9.17) is 4.99 Å². The third kappa shape index (κ3) is 8.57. The molecule has 13 nitrogen and oxygen atoms in total. The smallest absolute Gasteiger partial charge is 0.337 e. The highest BCUT2D eigenvalue weighted by molar-refractivity contribution is 5.92. The number of rotatable bonds is 10. The largest absolute Gasteiger partial charge is 0.358 e. The number of piperidine rings is 1. The van der Waals surface area contributed by atoms with Gasteiger partial charge in [0.15, 0.2) is 5.65 Å². The topological polar surface area (TPSA) is 137 Å². The second kappa shape index (κ2) is 16.7. The number of piperazine rings is 1. The van der Waals surface area contributed by atoms with E-state index >= 15 is 0 Å². The number of hydrogen-bond acceptors (Lipinski definition) is 9. The summed E-state index contributed by atoms with van der Waals surface area (Å²) in [6.07, 6.45) is 6.42. The lowest BCUT2D eigenvalue weighted by Gasteiger charge is -2.34. The molecule has 3 aliphatic heterocycles. The van der Waals surface area contributed by atoms with Crippen molar-refractivity contribution < 1.29 is 14.0 Å². The van der Waals surface area contributed by atoms with Crippen LogP contribution >= 0.6 is 0 Å². The summed E-state index contributed by atoms with van der Waals surface area (Å²) in [7, 11) is 0. The van der Waals surface area contributed by atoms with Gasteiger partial charge >= 0.3 is 5.69 Å². The summed E-state index contributed by atoms with van der Waals surface area (Å²) < 4.78 is 17.3. The number of carbonyl (C=O) groups excluding carboxylic acids is 2. The van der Waals surface area contributed by atoms with Crippen LogP contribution in [0.15, 0.2) is 75.4 Å². The second-order valence-corrected chi connectivity index (χ2v) is 16.3. The molecule has 0 spiro atoms. The molecule has 1 aliphatic carbocycles. The first-order chi connectivity index (χ1) is 27.6. The van der Waals surface area contributed by atoms with Crippen molar-refractivity contribution in [2.24, 2.45) is 4.99 Å². The summed E-state index contributed by atoms with van der Waals surface area (Å²) in [5.74, 6) is 0.379. The van der Waals surface area contributed by atoms with E-state index in [1.807, 2.05) is 32.0 Å². The van der Waals surface area contributed by atoms with Gasteiger partial charge in [-0.3, -0.25) is 33.7 Å². The molecule has 5 heterocycles. The number of amides is 2. The van der Waals surface area contributed by atoms with Crippen LogP contribution < -0.4 is 21.9 Å². The average molecular weight is 778 g/mol. The molecule has 14 heteroatoms. The molecule has 2 amide bonds. The van der Waals surface area contributed by atoms with Crippen LogP contribution in [0.25, 0.3) is 27.8 Å². The molecule has 1 unspecified atom stereocenters. The van der Waals surface area contributed by atoms with Crippen LogP contribution in [0.1, 0.15) is 70.4 Å². The minimum atomic E-state index is -0.654. The summed E-state index contributed by atoms with van der Waals surface area (Å²) >= 11 is 0. The molecule has 1 saturated carbocycles. The molecule has 3 fully saturated rings. The molecule has 0 radical (unpaired) electrons. The second-order valence-electron chi connectivity index (χ2n) is 16.3.